The molecule has 0 saturated carbocycles. The predicted molar refractivity (Wildman–Crippen MR) is 110 cm³/mol. The van der Waals surface area contributed by atoms with Crippen molar-refractivity contribution < 1.29 is 23.6 Å². The first kappa shape index (κ1) is 20.5. The average Bonchev–Trinajstić information content (AvgIpc) is 3.09. The maximum Gasteiger partial charge on any atom is 0.255 e. The third-order valence-corrected chi connectivity index (χ3v) is 5.60. The van der Waals surface area contributed by atoms with Crippen LogP contribution in [0.15, 0.2) is 36.4 Å². The van der Waals surface area contributed by atoms with Crippen LogP contribution in [0.5, 0.6) is 0 Å². The number of carbonyl (C=O) groups is 4. The van der Waals surface area contributed by atoms with Crippen LogP contribution in [0.4, 0.5) is 10.1 Å². The van der Waals surface area contributed by atoms with Crippen LogP contribution in [-0.2, 0) is 22.7 Å². The van der Waals surface area contributed by atoms with E-state index in [1.807, 2.05) is 0 Å². The van der Waals surface area contributed by atoms with Gasteiger partial charge in [-0.2, -0.15) is 0 Å². The number of benzene rings is 2. The fraction of sp³-hybridized carbons (Fsp3) is 0.273. The Morgan fingerprint density at radius 2 is 1.97 bits per heavy atom. The van der Waals surface area contributed by atoms with Gasteiger partial charge in [0, 0.05) is 48.9 Å². The quantitative estimate of drug-likeness (QED) is 0.632. The first-order valence-corrected chi connectivity index (χ1v) is 9.90. The summed E-state index contributed by atoms with van der Waals surface area (Å²) in [6, 6.07) is 9.07. The molecule has 0 radical (unpaired) electrons. The van der Waals surface area contributed by atoms with Gasteiger partial charge in [-0.15, -0.1) is 0 Å². The fourth-order valence-electron chi connectivity index (χ4n) is 3.97. The van der Waals surface area contributed by atoms with Crippen LogP contribution in [0.25, 0.3) is 0 Å². The second kappa shape index (κ2) is 8.17. The molecule has 4 amide bonds. The van der Waals surface area contributed by atoms with E-state index < -0.39 is 23.7 Å². The van der Waals surface area contributed by atoms with Crippen LogP contribution >= 0.6 is 0 Å². The van der Waals surface area contributed by atoms with E-state index >= 15 is 0 Å². The normalized spacial score (nSPS) is 17.9. The Morgan fingerprint density at radius 3 is 2.71 bits per heavy atom. The number of hydrogen-bond acceptors (Lipinski definition) is 5. The third kappa shape index (κ3) is 3.74. The van der Waals surface area contributed by atoms with E-state index in [1.165, 1.54) is 18.0 Å². The van der Waals surface area contributed by atoms with E-state index in [2.05, 4.69) is 16.0 Å². The van der Waals surface area contributed by atoms with Crippen LogP contribution in [0.3, 0.4) is 0 Å². The number of nitrogens with zero attached hydrogens (tertiary/aromatic N) is 1. The summed E-state index contributed by atoms with van der Waals surface area (Å²) in [5.74, 6) is -2.21. The van der Waals surface area contributed by atoms with Crippen molar-refractivity contribution >= 4 is 29.3 Å². The number of halogens is 1. The van der Waals surface area contributed by atoms with Crippen LogP contribution in [0, 0.1) is 5.82 Å². The number of hydrogen-bond donors (Lipinski definition) is 3. The molecule has 0 aliphatic carbocycles. The Morgan fingerprint density at radius 1 is 1.19 bits per heavy atom. The summed E-state index contributed by atoms with van der Waals surface area (Å²) in [6.07, 6.45) is 0.466. The smallest absolute Gasteiger partial charge is 0.255 e. The Balaban J connectivity index is 1.54. The van der Waals surface area contributed by atoms with E-state index in [-0.39, 0.29) is 43.3 Å². The highest BCUT2D eigenvalue weighted by atomic mass is 19.1. The van der Waals surface area contributed by atoms with Gasteiger partial charge in [0.15, 0.2) is 0 Å². The van der Waals surface area contributed by atoms with Gasteiger partial charge >= 0.3 is 0 Å². The second-order valence-corrected chi connectivity index (χ2v) is 7.44. The van der Waals surface area contributed by atoms with Crippen LogP contribution in [0.1, 0.15) is 44.7 Å². The number of rotatable bonds is 5. The first-order valence-electron chi connectivity index (χ1n) is 9.90. The van der Waals surface area contributed by atoms with Gasteiger partial charge in [-0.1, -0.05) is 18.2 Å². The average molecular weight is 424 g/mol. The van der Waals surface area contributed by atoms with Crippen molar-refractivity contribution in [3.05, 3.63) is 64.5 Å². The van der Waals surface area contributed by atoms with Gasteiger partial charge in [0.1, 0.15) is 11.9 Å². The minimum atomic E-state index is -0.702. The number of imide groups is 1. The second-order valence-electron chi connectivity index (χ2n) is 7.44. The lowest BCUT2D eigenvalue weighted by atomic mass is 10.0. The molecule has 8 nitrogen and oxygen atoms in total. The predicted octanol–water partition coefficient (Wildman–Crippen LogP) is 1.56. The molecule has 160 valence electrons. The molecular formula is C22H21FN4O4. The Bertz CT molecular complexity index is 1100. The SMILES string of the molecule is CNC(=O)c1cccc(CNc2cccc3c2CN([C@H]2CCC(=O)NC2=O)C3=O)c1F. The molecule has 2 aromatic carbocycles. The molecule has 4 rings (SSSR count). The summed E-state index contributed by atoms with van der Waals surface area (Å²) in [6.45, 7) is 0.324. The minimum absolute atomic E-state index is 0.0423. The molecule has 0 unspecified atom stereocenters. The Labute approximate surface area is 177 Å². The molecular weight excluding hydrogens is 403 g/mol. The molecule has 2 aliphatic heterocycles. The monoisotopic (exact) mass is 424 g/mol. The fourth-order valence-corrected chi connectivity index (χ4v) is 3.97. The standard InChI is InChI=1S/C22H21FN4O4/c1-24-20(29)14-6-2-4-12(19(14)23)10-25-16-7-3-5-13-15(16)11-27(22(13)31)17-8-9-18(28)26-21(17)30/h2-7,17,25H,8-11H2,1H3,(H,24,29)(H,26,28,30)/t17-/m0/s1. The molecule has 1 atom stereocenters. The summed E-state index contributed by atoms with van der Waals surface area (Å²) in [7, 11) is 1.44. The number of nitrogens with one attached hydrogen (secondary N) is 3. The number of anilines is 1. The zero-order valence-corrected chi connectivity index (χ0v) is 16.8. The van der Waals surface area contributed by atoms with Crippen molar-refractivity contribution in [3.8, 4) is 0 Å². The molecule has 9 heteroatoms. The van der Waals surface area contributed by atoms with Crippen molar-refractivity contribution in [1.29, 1.82) is 0 Å². The van der Waals surface area contributed by atoms with Gasteiger partial charge in [0.2, 0.25) is 11.8 Å². The zero-order chi connectivity index (χ0) is 22.1. The van der Waals surface area contributed by atoms with Gasteiger partial charge < -0.3 is 15.5 Å². The molecule has 2 heterocycles. The van der Waals surface area contributed by atoms with Crippen molar-refractivity contribution in [2.75, 3.05) is 12.4 Å². The molecule has 0 bridgehead atoms. The summed E-state index contributed by atoms with van der Waals surface area (Å²) >= 11 is 0. The highest BCUT2D eigenvalue weighted by Gasteiger charge is 2.39. The summed E-state index contributed by atoms with van der Waals surface area (Å²) < 4.78 is 14.7. The van der Waals surface area contributed by atoms with Crippen molar-refractivity contribution in [2.45, 2.75) is 32.0 Å². The third-order valence-electron chi connectivity index (χ3n) is 5.60. The maximum atomic E-state index is 14.7. The maximum absolute atomic E-state index is 14.7. The largest absolute Gasteiger partial charge is 0.381 e. The molecule has 2 aromatic rings. The zero-order valence-electron chi connectivity index (χ0n) is 16.8. The van der Waals surface area contributed by atoms with Crippen LogP contribution < -0.4 is 16.0 Å². The Hall–Kier alpha value is -3.75. The van der Waals surface area contributed by atoms with E-state index in [0.29, 0.717) is 22.4 Å². The van der Waals surface area contributed by atoms with Gasteiger partial charge in [-0.3, -0.25) is 24.5 Å². The molecule has 1 fully saturated rings. The topological polar surface area (TPSA) is 108 Å². The molecule has 2 aliphatic rings. The highest BCUT2D eigenvalue weighted by Crippen LogP contribution is 2.32. The first-order chi connectivity index (χ1) is 14.9. The molecule has 1 saturated heterocycles. The van der Waals surface area contributed by atoms with E-state index in [4.69, 9.17) is 0 Å². The lowest BCUT2D eigenvalue weighted by Crippen LogP contribution is -2.52. The molecule has 31 heavy (non-hydrogen) atoms. The summed E-state index contributed by atoms with van der Waals surface area (Å²) in [5.41, 5.74) is 2.09. The van der Waals surface area contributed by atoms with Crippen molar-refractivity contribution in [3.63, 3.8) is 0 Å². The van der Waals surface area contributed by atoms with E-state index in [9.17, 15) is 23.6 Å². The van der Waals surface area contributed by atoms with Crippen molar-refractivity contribution in [1.82, 2.24) is 15.5 Å². The van der Waals surface area contributed by atoms with Crippen LogP contribution in [0.2, 0.25) is 0 Å². The van der Waals surface area contributed by atoms with E-state index in [1.54, 1.807) is 30.3 Å². The van der Waals surface area contributed by atoms with Gasteiger partial charge in [0.05, 0.1) is 5.56 Å². The lowest BCUT2D eigenvalue weighted by molar-refractivity contribution is -0.136. The number of fused-ring (bicyclic) bond motifs is 1. The Kier molecular flexibility index (Phi) is 5.41. The van der Waals surface area contributed by atoms with Gasteiger partial charge in [-0.05, 0) is 24.6 Å². The van der Waals surface area contributed by atoms with Gasteiger partial charge in [0.25, 0.3) is 11.8 Å². The number of amides is 4. The number of carbonyl (C=O) groups excluding carboxylic acids is 4. The minimum Gasteiger partial charge on any atom is -0.381 e. The summed E-state index contributed by atoms with van der Waals surface area (Å²) in [5, 5.41) is 7.83. The molecule has 0 aromatic heterocycles. The molecule has 0 spiro atoms. The van der Waals surface area contributed by atoms with E-state index in [0.717, 1.165) is 0 Å². The lowest BCUT2D eigenvalue weighted by Gasteiger charge is -2.29. The molecule has 3 N–H and O–H groups in total. The van der Waals surface area contributed by atoms with Crippen LogP contribution in [-0.4, -0.2) is 41.6 Å². The highest BCUT2D eigenvalue weighted by molar-refractivity contribution is 6.06. The van der Waals surface area contributed by atoms with Crippen molar-refractivity contribution in [2.24, 2.45) is 0 Å². The van der Waals surface area contributed by atoms with Gasteiger partial charge in [-0.25, -0.2) is 4.39 Å². The summed E-state index contributed by atoms with van der Waals surface area (Å²) in [4.78, 5) is 49.8. The number of piperidine rings is 1.